The summed E-state index contributed by atoms with van der Waals surface area (Å²) < 4.78 is 0. The summed E-state index contributed by atoms with van der Waals surface area (Å²) in [5, 5.41) is 114. The van der Waals surface area contributed by atoms with Gasteiger partial charge in [0.2, 0.25) is 11.6 Å². The van der Waals surface area contributed by atoms with E-state index in [1.54, 1.807) is 14.1 Å². The lowest BCUT2D eigenvalue weighted by molar-refractivity contribution is -0.159. The molecule has 372 valence electrons. The Labute approximate surface area is 400 Å². The fourth-order valence-electron chi connectivity index (χ4n) is 11.9. The molecule has 0 radical (unpaired) electrons. The summed E-state index contributed by atoms with van der Waals surface area (Å²) in [7, 11) is 6.11. The molecule has 2 amide bonds. The maximum absolute atomic E-state index is 13.8. The molecule has 2 aromatic carbocycles. The van der Waals surface area contributed by atoms with Gasteiger partial charge in [0.05, 0.1) is 53.1 Å². The van der Waals surface area contributed by atoms with Crippen molar-refractivity contribution in [1.82, 2.24) is 20.0 Å². The molecule has 21 heteroatoms. The fourth-order valence-corrected chi connectivity index (χ4v) is 11.9. The third-order valence-electron chi connectivity index (χ3n) is 15.3. The van der Waals surface area contributed by atoms with Gasteiger partial charge in [0.15, 0.2) is 22.8 Å². The number of carbonyl (C=O) groups is 6. The van der Waals surface area contributed by atoms with Crippen molar-refractivity contribution in [1.29, 1.82) is 0 Å². The number of ketones is 4. The summed E-state index contributed by atoms with van der Waals surface area (Å²) in [5.41, 5.74) is -4.59. The lowest BCUT2D eigenvalue weighted by atomic mass is 9.55. The van der Waals surface area contributed by atoms with E-state index in [1.165, 1.54) is 67.2 Å². The summed E-state index contributed by atoms with van der Waals surface area (Å²) in [6.07, 6.45) is 0.0917. The predicted molar refractivity (Wildman–Crippen MR) is 245 cm³/mol. The molecule has 9 rings (SSSR count). The fraction of sp³-hybridized carbons (Fsp3) is 0.429. The van der Waals surface area contributed by atoms with Gasteiger partial charge in [0, 0.05) is 23.3 Å². The smallest absolute Gasteiger partial charge is 0.259 e. The molecule has 70 heavy (non-hydrogen) atoms. The first-order chi connectivity index (χ1) is 32.7. The van der Waals surface area contributed by atoms with E-state index in [0.29, 0.717) is 0 Å². The van der Waals surface area contributed by atoms with Crippen molar-refractivity contribution in [3.8, 4) is 11.5 Å². The summed E-state index contributed by atoms with van der Waals surface area (Å²) in [6.45, 7) is 7.04. The van der Waals surface area contributed by atoms with Crippen LogP contribution in [-0.4, -0.2) is 178 Å². The van der Waals surface area contributed by atoms with Gasteiger partial charge >= 0.3 is 0 Å². The van der Waals surface area contributed by atoms with E-state index in [9.17, 15) is 79.8 Å². The van der Waals surface area contributed by atoms with Gasteiger partial charge in [0.25, 0.3) is 11.8 Å². The van der Waals surface area contributed by atoms with Crippen LogP contribution in [0.1, 0.15) is 58.0 Å². The number of rotatable bonds is 6. The molecule has 0 bridgehead atoms. The predicted octanol–water partition coefficient (Wildman–Crippen LogP) is 0.0319. The average molecular weight is 970 g/mol. The average Bonchev–Trinajstić information content (AvgIpc) is 3.81. The second-order valence-corrected chi connectivity index (χ2v) is 19.5. The zero-order valence-electron chi connectivity index (χ0n) is 38.8. The van der Waals surface area contributed by atoms with E-state index in [2.05, 4.69) is 11.9 Å². The molecule has 7 aliphatic rings. The van der Waals surface area contributed by atoms with Crippen molar-refractivity contribution in [3.63, 3.8) is 0 Å². The second kappa shape index (κ2) is 17.0. The number of nitrogens with zero attached hydrogens (tertiary/aromatic N) is 3. The first-order valence-corrected chi connectivity index (χ1v) is 22.4. The summed E-state index contributed by atoms with van der Waals surface area (Å²) in [6, 6.07) is 6.08. The molecular formula is C49H55N5O16. The maximum atomic E-state index is 13.8. The number of hydrogen-bond donors (Lipinski definition) is 12. The van der Waals surface area contributed by atoms with Crippen molar-refractivity contribution in [3.05, 3.63) is 111 Å². The molecule has 21 nitrogen and oxygen atoms in total. The summed E-state index contributed by atoms with van der Waals surface area (Å²) in [4.78, 5) is 83.7. The van der Waals surface area contributed by atoms with Gasteiger partial charge in [0.1, 0.15) is 45.7 Å². The maximum Gasteiger partial charge on any atom is 0.259 e. The number of benzene rings is 2. The van der Waals surface area contributed by atoms with E-state index < -0.39 is 150 Å². The minimum absolute atomic E-state index is 0.143. The lowest BCUT2D eigenvalue weighted by Gasteiger charge is -2.52. The van der Waals surface area contributed by atoms with Crippen LogP contribution in [0.15, 0.2) is 88.3 Å². The van der Waals surface area contributed by atoms with Gasteiger partial charge in [-0.25, -0.2) is 0 Å². The van der Waals surface area contributed by atoms with Gasteiger partial charge in [-0.05, 0) is 96.3 Å². The van der Waals surface area contributed by atoms with Crippen LogP contribution < -0.4 is 11.1 Å². The van der Waals surface area contributed by atoms with Crippen molar-refractivity contribution in [2.24, 2.45) is 29.4 Å². The number of aromatic hydroxyl groups is 2. The second-order valence-electron chi connectivity index (χ2n) is 19.5. The van der Waals surface area contributed by atoms with Gasteiger partial charge in [-0.15, -0.1) is 0 Å². The van der Waals surface area contributed by atoms with Crippen LogP contribution in [0.5, 0.6) is 11.5 Å². The van der Waals surface area contributed by atoms with E-state index in [1.807, 2.05) is 4.90 Å². The van der Waals surface area contributed by atoms with Crippen LogP contribution in [0.4, 0.5) is 0 Å². The third-order valence-corrected chi connectivity index (χ3v) is 15.3. The van der Waals surface area contributed by atoms with Gasteiger partial charge in [-0.3, -0.25) is 43.5 Å². The SMILES string of the molecule is C=C1c2cccc(O)c2C(=O)C2=C(O)[C@]3(O)C(=O)C(C(N)=O)=C(O)[C@@H](N(C)C)[C@@H]3[C@@H](O)[C@H]12.CN(C)[C@@H]1C(O)=C(C(=O)NCN2CCCC2)C(=O)[C@@]2(O)C(O)=C3C(=O)c4c(O)cccc4[C@@](C)(O)[C@H]3C[C@@H]12. The molecule has 0 unspecified atom stereocenters. The molecule has 1 aliphatic heterocycles. The highest BCUT2D eigenvalue weighted by molar-refractivity contribution is 6.26. The largest absolute Gasteiger partial charge is 0.510 e. The van der Waals surface area contributed by atoms with Crippen LogP contribution in [0.2, 0.25) is 0 Å². The first kappa shape index (κ1) is 49.7. The quantitative estimate of drug-likeness (QED) is 0.170. The summed E-state index contributed by atoms with van der Waals surface area (Å²) >= 11 is 0. The number of hydrogen-bond acceptors (Lipinski definition) is 19. The van der Waals surface area contributed by atoms with Gasteiger partial charge < -0.3 is 62.1 Å². The number of carbonyl (C=O) groups excluding carboxylic acids is 6. The number of aliphatic hydroxyl groups excluding tert-OH is 5. The Balaban J connectivity index is 0.000000191. The highest BCUT2D eigenvalue weighted by Crippen LogP contribution is 2.58. The Morgan fingerprint density at radius 2 is 1.30 bits per heavy atom. The molecule has 1 heterocycles. The van der Waals surface area contributed by atoms with Crippen LogP contribution in [0, 0.1) is 23.7 Å². The van der Waals surface area contributed by atoms with Crippen LogP contribution >= 0.6 is 0 Å². The Hall–Kier alpha value is -6.72. The molecule has 10 atom stereocenters. The number of nitrogens with two attached hydrogens (primary N) is 1. The molecule has 0 aromatic heterocycles. The molecule has 6 aliphatic carbocycles. The molecule has 13 N–H and O–H groups in total. The Morgan fingerprint density at radius 1 is 0.771 bits per heavy atom. The topological polar surface area (TPSA) is 352 Å². The van der Waals surface area contributed by atoms with E-state index in [4.69, 9.17) is 5.73 Å². The highest BCUT2D eigenvalue weighted by atomic mass is 16.4. The number of aliphatic hydroxyl groups is 8. The molecule has 0 spiro atoms. The third kappa shape index (κ3) is 6.78. The normalized spacial score (nSPS) is 32.8. The Kier molecular flexibility index (Phi) is 12.1. The van der Waals surface area contributed by atoms with Crippen molar-refractivity contribution >= 4 is 40.5 Å². The highest BCUT2D eigenvalue weighted by Gasteiger charge is 2.68. The molecular weight excluding hydrogens is 915 g/mol. The van der Waals surface area contributed by atoms with Crippen molar-refractivity contribution in [2.45, 2.75) is 61.2 Å². The molecule has 1 fully saturated rings. The zero-order valence-corrected chi connectivity index (χ0v) is 38.8. The monoisotopic (exact) mass is 969 g/mol. The number of phenols is 2. The molecule has 0 saturated carbocycles. The van der Waals surface area contributed by atoms with Crippen LogP contribution in [0.25, 0.3) is 5.57 Å². The number of likely N-dealkylation sites (tertiary alicyclic amines) is 1. The van der Waals surface area contributed by atoms with Gasteiger partial charge in [-0.1, -0.05) is 30.8 Å². The Morgan fingerprint density at radius 3 is 1.89 bits per heavy atom. The summed E-state index contributed by atoms with van der Waals surface area (Å²) in [5.74, 6) is -15.9. The molecule has 2 aromatic rings. The lowest BCUT2D eigenvalue weighted by Crippen LogP contribution is -2.68. The number of phenolic OH excluding ortho intramolecular Hbond substituents is 2. The zero-order chi connectivity index (χ0) is 51.6. The van der Waals surface area contributed by atoms with Crippen LogP contribution in [-0.2, 0) is 24.8 Å². The number of fused-ring (bicyclic) bond motifs is 6. The standard InChI is InChI=1S/C27H33N3O8.C22H22N2O8/c1-26(37)13-7-6-8-16(31)17(13)21(32)18-14(26)11-15-20(29(2)3)22(33)19(24(35)27(15,38)23(18)34)25(36)28-12-30-9-4-5-10-30;1-7-8-5-4-6-9(25)11(8)16(26)12-10(7)17(27)14-15(24(2)3)18(28)13(21(23)31)20(30)22(14,32)19(12)29/h6-8,14-15,20,31,33-34,37-38H,4-5,9-12H2,1-3H3,(H,28,36);4-6,10,14-15,17,25,27-29,32H,1H2,2-3H3,(H2,23,31)/t14-,15-,20-,26+,27-;10-,14-,15+,17+,22+/m01/s1. The Bertz CT molecular complexity index is 2850. The van der Waals surface area contributed by atoms with Crippen molar-refractivity contribution < 1.29 is 79.8 Å². The van der Waals surface area contributed by atoms with Crippen LogP contribution in [0.3, 0.4) is 0 Å². The number of primary amides is 1. The van der Waals surface area contributed by atoms with E-state index in [0.717, 1.165) is 25.9 Å². The van der Waals surface area contributed by atoms with E-state index in [-0.39, 0.29) is 40.9 Å². The van der Waals surface area contributed by atoms with Gasteiger partial charge in [-0.2, -0.15) is 0 Å². The number of nitrogens with one attached hydrogen (secondary N) is 1. The first-order valence-electron chi connectivity index (χ1n) is 22.4. The minimum Gasteiger partial charge on any atom is -0.510 e. The minimum atomic E-state index is -2.94. The van der Waals surface area contributed by atoms with Crippen molar-refractivity contribution in [2.75, 3.05) is 47.9 Å². The molecule has 1 saturated heterocycles. The van der Waals surface area contributed by atoms with E-state index >= 15 is 0 Å². The number of Topliss-reactive ketones (excluding diaryl/α,β-unsaturated/α-hetero) is 4. The number of amides is 2. The number of likely N-dealkylation sites (N-methyl/N-ethyl adjacent to an activating group) is 2.